The number of carbonyl (C=O) groups is 1. The van der Waals surface area contributed by atoms with Crippen LogP contribution in [-0.2, 0) is 0 Å². The number of hydrogen-bond acceptors (Lipinski definition) is 4. The number of aromatic amines is 1. The molecule has 17 heavy (non-hydrogen) atoms. The average molecular weight is 237 g/mol. The van der Waals surface area contributed by atoms with Gasteiger partial charge in [0.2, 0.25) is 5.82 Å². The Morgan fingerprint density at radius 2 is 2.35 bits per heavy atom. The molecule has 0 radical (unpaired) electrons. The number of hydrogen-bond donors (Lipinski definition) is 1. The molecular formula is C11H19N5O. The molecule has 1 amide bonds. The molecule has 1 aliphatic rings. The highest BCUT2D eigenvalue weighted by Crippen LogP contribution is 2.14. The maximum absolute atomic E-state index is 12.1. The smallest absolute Gasteiger partial charge is 0.293 e. The Kier molecular flexibility index (Phi) is 3.42. The van der Waals surface area contributed by atoms with Crippen molar-refractivity contribution in [3.8, 4) is 0 Å². The number of rotatable bonds is 2. The molecule has 0 spiro atoms. The van der Waals surface area contributed by atoms with Gasteiger partial charge >= 0.3 is 0 Å². The van der Waals surface area contributed by atoms with Crippen molar-refractivity contribution in [2.75, 3.05) is 27.2 Å². The van der Waals surface area contributed by atoms with Gasteiger partial charge in [0.05, 0.1) is 0 Å². The van der Waals surface area contributed by atoms with Gasteiger partial charge in [-0.25, -0.2) is 4.98 Å². The van der Waals surface area contributed by atoms with E-state index < -0.39 is 0 Å². The second-order valence-corrected chi connectivity index (χ2v) is 4.72. The predicted molar refractivity (Wildman–Crippen MR) is 63.7 cm³/mol. The first-order valence-electron chi connectivity index (χ1n) is 5.92. The van der Waals surface area contributed by atoms with Gasteiger partial charge in [0.25, 0.3) is 5.91 Å². The van der Waals surface area contributed by atoms with E-state index in [0.717, 1.165) is 25.9 Å². The van der Waals surface area contributed by atoms with Crippen molar-refractivity contribution in [2.24, 2.45) is 0 Å². The number of amides is 1. The lowest BCUT2D eigenvalue weighted by Gasteiger charge is -2.35. The Balaban J connectivity index is 2.04. The standard InChI is InChI=1S/C11H19N5O/c1-8-12-10(14-13-8)11(17)16(3)9-5-4-6-15(2)7-9/h9H,4-7H2,1-3H3,(H,12,13,14). The molecule has 1 saturated heterocycles. The summed E-state index contributed by atoms with van der Waals surface area (Å²) < 4.78 is 0. The highest BCUT2D eigenvalue weighted by Gasteiger charge is 2.26. The Bertz CT molecular complexity index is 402. The number of nitrogens with zero attached hydrogens (tertiary/aromatic N) is 4. The molecule has 1 aromatic heterocycles. The van der Waals surface area contributed by atoms with Crippen LogP contribution in [0, 0.1) is 6.92 Å². The van der Waals surface area contributed by atoms with Crippen LogP contribution in [0.4, 0.5) is 0 Å². The van der Waals surface area contributed by atoms with Gasteiger partial charge in [-0.3, -0.25) is 9.89 Å². The zero-order valence-electron chi connectivity index (χ0n) is 10.6. The van der Waals surface area contributed by atoms with Gasteiger partial charge in [0.15, 0.2) is 0 Å². The number of aromatic nitrogens is 3. The Hall–Kier alpha value is -1.43. The monoisotopic (exact) mass is 237 g/mol. The van der Waals surface area contributed by atoms with Gasteiger partial charge in [-0.1, -0.05) is 0 Å². The summed E-state index contributed by atoms with van der Waals surface area (Å²) in [5.41, 5.74) is 0. The van der Waals surface area contributed by atoms with E-state index in [4.69, 9.17) is 0 Å². The summed E-state index contributed by atoms with van der Waals surface area (Å²) in [6.07, 6.45) is 2.18. The fourth-order valence-electron chi connectivity index (χ4n) is 2.22. The predicted octanol–water partition coefficient (Wildman–Crippen LogP) is 0.279. The van der Waals surface area contributed by atoms with Crippen molar-refractivity contribution >= 4 is 5.91 Å². The van der Waals surface area contributed by atoms with Gasteiger partial charge in [-0.05, 0) is 33.4 Å². The minimum absolute atomic E-state index is 0.102. The normalized spacial score (nSPS) is 21.5. The first kappa shape index (κ1) is 12.0. The summed E-state index contributed by atoms with van der Waals surface area (Å²) in [6.45, 7) is 3.82. The second-order valence-electron chi connectivity index (χ2n) is 4.72. The van der Waals surface area contributed by atoms with Crippen molar-refractivity contribution in [3.05, 3.63) is 11.6 Å². The molecule has 2 heterocycles. The lowest BCUT2D eigenvalue weighted by molar-refractivity contribution is 0.0632. The van der Waals surface area contributed by atoms with Crippen LogP contribution < -0.4 is 0 Å². The Morgan fingerprint density at radius 3 is 2.94 bits per heavy atom. The quantitative estimate of drug-likeness (QED) is 0.802. The van der Waals surface area contributed by atoms with E-state index in [1.54, 1.807) is 11.8 Å². The molecule has 0 saturated carbocycles. The lowest BCUT2D eigenvalue weighted by Crippen LogP contribution is -2.47. The van der Waals surface area contributed by atoms with Crippen LogP contribution in [0.3, 0.4) is 0 Å². The van der Waals surface area contributed by atoms with Crippen molar-refractivity contribution in [1.82, 2.24) is 25.0 Å². The maximum Gasteiger partial charge on any atom is 0.293 e. The molecule has 1 unspecified atom stereocenters. The molecule has 1 fully saturated rings. The molecule has 1 N–H and O–H groups in total. The van der Waals surface area contributed by atoms with E-state index in [9.17, 15) is 4.79 Å². The summed E-state index contributed by atoms with van der Waals surface area (Å²) in [4.78, 5) is 20.2. The van der Waals surface area contributed by atoms with Gasteiger partial charge in [0, 0.05) is 19.6 Å². The largest absolute Gasteiger partial charge is 0.335 e. The van der Waals surface area contributed by atoms with Crippen LogP contribution in [0.2, 0.25) is 0 Å². The van der Waals surface area contributed by atoms with Crippen LogP contribution in [0.1, 0.15) is 29.3 Å². The SMILES string of the molecule is Cc1nc(C(=O)N(C)C2CCCN(C)C2)n[nH]1. The van der Waals surface area contributed by atoms with E-state index in [1.165, 1.54) is 0 Å². The first-order chi connectivity index (χ1) is 8.08. The summed E-state index contributed by atoms with van der Waals surface area (Å²) in [5, 5.41) is 6.61. The number of piperidine rings is 1. The zero-order chi connectivity index (χ0) is 12.4. The molecule has 1 atom stereocenters. The van der Waals surface area contributed by atoms with Crippen LogP contribution in [0.15, 0.2) is 0 Å². The molecule has 1 aliphatic heterocycles. The van der Waals surface area contributed by atoms with Crippen molar-refractivity contribution in [3.63, 3.8) is 0 Å². The Morgan fingerprint density at radius 1 is 1.59 bits per heavy atom. The van der Waals surface area contributed by atoms with Crippen LogP contribution in [0.5, 0.6) is 0 Å². The minimum atomic E-state index is -0.102. The van der Waals surface area contributed by atoms with Crippen molar-refractivity contribution < 1.29 is 4.79 Å². The van der Waals surface area contributed by atoms with E-state index in [2.05, 4.69) is 27.1 Å². The molecule has 94 valence electrons. The van der Waals surface area contributed by atoms with Gasteiger partial charge in [-0.2, -0.15) is 0 Å². The second kappa shape index (κ2) is 4.83. The van der Waals surface area contributed by atoms with Crippen molar-refractivity contribution in [1.29, 1.82) is 0 Å². The van der Waals surface area contributed by atoms with Crippen LogP contribution in [0.25, 0.3) is 0 Å². The van der Waals surface area contributed by atoms with Gasteiger partial charge in [-0.15, -0.1) is 5.10 Å². The molecule has 6 nitrogen and oxygen atoms in total. The van der Waals surface area contributed by atoms with E-state index in [1.807, 2.05) is 7.05 Å². The molecule has 2 rings (SSSR count). The summed E-state index contributed by atoms with van der Waals surface area (Å²) in [6, 6.07) is 0.264. The minimum Gasteiger partial charge on any atom is -0.335 e. The molecule has 6 heteroatoms. The third-order valence-electron chi connectivity index (χ3n) is 3.26. The number of carbonyl (C=O) groups excluding carboxylic acids is 1. The first-order valence-corrected chi connectivity index (χ1v) is 5.92. The summed E-state index contributed by atoms with van der Waals surface area (Å²) in [5.74, 6) is 0.829. The summed E-state index contributed by atoms with van der Waals surface area (Å²) >= 11 is 0. The van der Waals surface area contributed by atoms with E-state index in [0.29, 0.717) is 5.82 Å². The Labute approximate surface area is 101 Å². The molecular weight excluding hydrogens is 218 g/mol. The molecule has 0 aliphatic carbocycles. The lowest BCUT2D eigenvalue weighted by atomic mass is 10.1. The number of aryl methyl sites for hydroxylation is 1. The number of nitrogens with one attached hydrogen (secondary N) is 1. The zero-order valence-corrected chi connectivity index (χ0v) is 10.6. The fourth-order valence-corrected chi connectivity index (χ4v) is 2.22. The third kappa shape index (κ3) is 2.63. The highest BCUT2D eigenvalue weighted by molar-refractivity contribution is 5.90. The van der Waals surface area contributed by atoms with E-state index >= 15 is 0 Å². The average Bonchev–Trinajstić information content (AvgIpc) is 2.74. The maximum atomic E-state index is 12.1. The molecule has 0 bridgehead atoms. The highest BCUT2D eigenvalue weighted by atomic mass is 16.2. The fraction of sp³-hybridized carbons (Fsp3) is 0.727. The van der Waals surface area contributed by atoms with Gasteiger partial charge in [0.1, 0.15) is 5.82 Å². The van der Waals surface area contributed by atoms with Crippen LogP contribution in [-0.4, -0.2) is 64.1 Å². The topological polar surface area (TPSA) is 65.1 Å². The molecule has 0 aromatic carbocycles. The summed E-state index contributed by atoms with van der Waals surface area (Å²) in [7, 11) is 3.92. The van der Waals surface area contributed by atoms with Crippen LogP contribution >= 0.6 is 0 Å². The van der Waals surface area contributed by atoms with Gasteiger partial charge < -0.3 is 9.80 Å². The number of likely N-dealkylation sites (N-methyl/N-ethyl adjacent to an activating group) is 2. The van der Waals surface area contributed by atoms with E-state index in [-0.39, 0.29) is 17.8 Å². The molecule has 1 aromatic rings. The van der Waals surface area contributed by atoms with Crippen molar-refractivity contribution in [2.45, 2.75) is 25.8 Å². The number of H-pyrrole nitrogens is 1. The number of likely N-dealkylation sites (tertiary alicyclic amines) is 1. The third-order valence-corrected chi connectivity index (χ3v) is 3.26.